The number of hydrogen-bond acceptors (Lipinski definition) is 23. The average molecular weight is 1830 g/mol. The third-order valence-corrected chi connectivity index (χ3v) is 40.3. The Morgan fingerprint density at radius 1 is 0.223 bits per heavy atom. The van der Waals surface area contributed by atoms with Crippen LogP contribution in [0.15, 0.2) is 0 Å². The lowest BCUT2D eigenvalue weighted by Gasteiger charge is -2.52. The number of rotatable bonds is 21. The minimum absolute atomic E-state index is 0.126. The van der Waals surface area contributed by atoms with Gasteiger partial charge in [-0.1, -0.05) is 0 Å². The highest BCUT2D eigenvalue weighted by Crippen LogP contribution is 2.71. The molecule has 0 bridgehead atoms. The van der Waals surface area contributed by atoms with E-state index in [2.05, 4.69) is 198 Å². The number of piperidine rings is 5. The molecule has 5 fully saturated rings. The van der Waals surface area contributed by atoms with Crippen molar-refractivity contribution in [2.24, 2.45) is 0 Å². The lowest BCUT2D eigenvalue weighted by Crippen LogP contribution is -2.59. The SMILES string of the molecule is CN1C(C)(C)CC(O)CC1(C)C.CN1C(C)(C)CC(O)CC1(C)C.CN1C(C)(C)CC(O)CC1(C)C.CN1C(C)(C)CC(O)CC1(C)C.CN1C(C)(C)CC(O)CC1(C)C.O=P(O)(O)C(N(CCN(C(P(=O)(O)O)P(=O)(O)O)C(P(=O)(O)O)P(=O)(O)O)CCN(C(P(=O)(O)O)P(=O)(O)O)C(P(=O)(O)O)P(=O)(O)O)P(=O)(O)O. The van der Waals surface area contributed by atoms with Gasteiger partial charge < -0.3 is 123 Å². The van der Waals surface area contributed by atoms with Crippen molar-refractivity contribution >= 4 is 76.0 Å². The van der Waals surface area contributed by atoms with Gasteiger partial charge >= 0.3 is 76.0 Å². The van der Waals surface area contributed by atoms with E-state index < -0.39 is 144 Å². The second-order valence-corrected chi connectivity index (χ2v) is 55.1. The molecule has 25 N–H and O–H groups in total. The van der Waals surface area contributed by atoms with Crippen LogP contribution in [0.25, 0.3) is 0 Å². The largest absolute Gasteiger partial charge is 0.393 e. The second kappa shape index (κ2) is 38.6. The van der Waals surface area contributed by atoms with E-state index in [0.29, 0.717) is 0 Å². The highest BCUT2D eigenvalue weighted by molar-refractivity contribution is 7.73. The van der Waals surface area contributed by atoms with Crippen LogP contribution in [0.1, 0.15) is 203 Å². The molecule has 0 amide bonds. The minimum atomic E-state index is -6.63. The standard InChI is InChI=1S/5C10H21NO.C9H33N3O30P10/c5*1-9(2)6-8(12)7-10(3,4)11(9)5;13-43(14,15)5(44(16,17)18)10(1-3-11(6(45(19,20)21)46(22,23)24)7(47(25,26)27)48(28,29)30)2-4-12(8(49(31,32)33)50(34,35)36)9(51(37,38)39)52(40,41)42/h5*8,12H,6-7H2,1-5H3;5-9H,1-4H2,(H2,13,14,15)(H2,16,17,18)(H2,19,20,21)(H2,22,23,24)(H2,25,26,27)(H2,28,29,30)(H2,31,32,33)(H2,34,35,36)(H2,37,38,39)(H2,40,41,42). The van der Waals surface area contributed by atoms with Crippen molar-refractivity contribution < 1.29 is 169 Å². The topological polar surface area (TPSA) is 702 Å². The summed E-state index contributed by atoms with van der Waals surface area (Å²) in [5, 5.41) is 48.4. The summed E-state index contributed by atoms with van der Waals surface area (Å²) in [7, 11) is -55.4. The number of aliphatic hydroxyl groups is 5. The van der Waals surface area contributed by atoms with Crippen molar-refractivity contribution in [1.82, 2.24) is 39.2 Å². The Bertz CT molecular complexity index is 2960. The molecule has 0 spiro atoms. The third-order valence-electron chi connectivity index (χ3n) is 22.2. The fourth-order valence-corrected chi connectivity index (χ4v) is 31.1. The van der Waals surface area contributed by atoms with Crippen LogP contribution in [0.5, 0.6) is 0 Å². The van der Waals surface area contributed by atoms with E-state index >= 15 is 0 Å². The normalized spacial score (nSPS) is 23.7. The molecule has 5 saturated heterocycles. The van der Waals surface area contributed by atoms with Gasteiger partial charge in [0.05, 0.1) is 30.5 Å². The summed E-state index contributed by atoms with van der Waals surface area (Å²) in [6.07, 6.45) is 8.15. The van der Waals surface area contributed by atoms with Gasteiger partial charge in [0.25, 0.3) is 0 Å². The smallest absolute Gasteiger partial charge is 0.355 e. The van der Waals surface area contributed by atoms with Crippen molar-refractivity contribution in [3.05, 3.63) is 0 Å². The van der Waals surface area contributed by atoms with E-state index in [1.165, 1.54) is 0 Å². The summed E-state index contributed by atoms with van der Waals surface area (Å²) in [5.41, 5.74) is -18.7. The maximum atomic E-state index is 12.3. The van der Waals surface area contributed by atoms with Gasteiger partial charge in [0.15, 0.2) is 0 Å². The zero-order valence-electron chi connectivity index (χ0n) is 69.0. The Morgan fingerprint density at radius 2 is 0.321 bits per heavy atom. The molecule has 0 aromatic heterocycles. The van der Waals surface area contributed by atoms with Crippen LogP contribution in [0.3, 0.4) is 0 Å². The molecule has 0 unspecified atom stereocenters. The van der Waals surface area contributed by atoms with E-state index in [1.807, 2.05) is 0 Å². The fourth-order valence-electron chi connectivity index (χ4n) is 16.1. The van der Waals surface area contributed by atoms with Crippen molar-refractivity contribution in [3.63, 3.8) is 0 Å². The third kappa shape index (κ3) is 33.2. The van der Waals surface area contributed by atoms with E-state index in [-0.39, 0.29) is 85.9 Å². The first-order valence-corrected chi connectivity index (χ1v) is 52.2. The first-order valence-electron chi connectivity index (χ1n) is 35.3. The lowest BCUT2D eigenvalue weighted by molar-refractivity contribution is -0.0646. The summed E-state index contributed by atoms with van der Waals surface area (Å²) >= 11 is 0. The second-order valence-electron chi connectivity index (χ2n) is 36.4. The quantitative estimate of drug-likeness (QED) is 0.0733. The molecule has 112 heavy (non-hydrogen) atoms. The van der Waals surface area contributed by atoms with Gasteiger partial charge in [-0.15, -0.1) is 0 Å². The number of hydrogen-bond donors (Lipinski definition) is 25. The van der Waals surface area contributed by atoms with Crippen LogP contribution in [0, 0.1) is 0 Å². The Labute approximate surface area is 658 Å². The monoisotopic (exact) mass is 1830 g/mol. The molecular formula is C59H138N8O35P10. The molecular weight excluding hydrogens is 1690 g/mol. The Morgan fingerprint density at radius 3 is 0.411 bits per heavy atom. The van der Waals surface area contributed by atoms with Gasteiger partial charge in [-0.3, -0.25) is 84.8 Å². The van der Waals surface area contributed by atoms with E-state index in [9.17, 15) is 169 Å². The van der Waals surface area contributed by atoms with Gasteiger partial charge in [0.2, 0.25) is 27.6 Å². The molecule has 0 aromatic carbocycles. The maximum absolute atomic E-state index is 12.3. The molecule has 0 aromatic rings. The summed E-state index contributed by atoms with van der Waals surface area (Å²) in [5.74, 6) is 0. The molecule has 0 atom stereocenters. The molecule has 5 rings (SSSR count). The predicted octanol–water partition coefficient (Wildman–Crippen LogP) is 3.24. The lowest BCUT2D eigenvalue weighted by atomic mass is 9.79. The highest BCUT2D eigenvalue weighted by Gasteiger charge is 2.62. The van der Waals surface area contributed by atoms with Crippen LogP contribution in [0.4, 0.5) is 0 Å². The average Bonchev–Trinajstić information content (AvgIpc) is 0.756. The van der Waals surface area contributed by atoms with Crippen molar-refractivity contribution in [2.75, 3.05) is 61.4 Å². The van der Waals surface area contributed by atoms with E-state index in [1.54, 1.807) is 0 Å². The molecule has 0 saturated carbocycles. The summed E-state index contributed by atoms with van der Waals surface area (Å²) in [6.45, 7) is 35.3. The zero-order chi connectivity index (χ0) is 90.3. The molecule has 5 aliphatic heterocycles. The Kier molecular flexibility index (Phi) is 39.0. The van der Waals surface area contributed by atoms with Crippen molar-refractivity contribution in [2.45, 2.75) is 316 Å². The van der Waals surface area contributed by atoms with E-state index in [0.717, 1.165) is 64.2 Å². The Balaban J connectivity index is 0.00000161. The number of likely N-dealkylation sites (tertiary alicyclic amines) is 5. The van der Waals surface area contributed by atoms with Crippen LogP contribution in [0.2, 0.25) is 0 Å². The highest BCUT2D eigenvalue weighted by atomic mass is 31.3. The maximum Gasteiger partial charge on any atom is 0.355 e. The van der Waals surface area contributed by atoms with Crippen LogP contribution in [-0.4, -0.2) is 338 Å². The van der Waals surface area contributed by atoms with Crippen LogP contribution < -0.4 is 0 Å². The molecule has 0 aliphatic carbocycles. The van der Waals surface area contributed by atoms with Gasteiger partial charge in [0.1, 0.15) is 0 Å². The fraction of sp³-hybridized carbons (Fsp3) is 1.00. The zero-order valence-corrected chi connectivity index (χ0v) is 77.9. The van der Waals surface area contributed by atoms with E-state index in [4.69, 9.17) is 0 Å². The first kappa shape index (κ1) is 113. The van der Waals surface area contributed by atoms with Gasteiger partial charge in [-0.25, -0.2) is 0 Å². The van der Waals surface area contributed by atoms with Crippen LogP contribution in [-0.2, 0) is 45.7 Å². The van der Waals surface area contributed by atoms with Gasteiger partial charge in [0, 0.05) is 81.6 Å². The Hall–Kier alpha value is 0.980. The summed E-state index contributed by atoms with van der Waals surface area (Å²) in [4.78, 5) is 202. The predicted molar refractivity (Wildman–Crippen MR) is 420 cm³/mol. The van der Waals surface area contributed by atoms with Crippen LogP contribution >= 0.6 is 76.0 Å². The first-order chi connectivity index (χ1) is 48.5. The summed E-state index contributed by atoms with van der Waals surface area (Å²) in [6, 6.07) is 0. The molecule has 0 radical (unpaired) electrons. The van der Waals surface area contributed by atoms with Crippen molar-refractivity contribution in [1.29, 1.82) is 0 Å². The van der Waals surface area contributed by atoms with Crippen molar-refractivity contribution in [3.8, 4) is 0 Å². The molecule has 5 aliphatic rings. The number of nitrogens with zero attached hydrogens (tertiary/aromatic N) is 8. The minimum Gasteiger partial charge on any atom is -0.393 e. The summed E-state index contributed by atoms with van der Waals surface area (Å²) < 4.78 is 121. The molecule has 53 heteroatoms. The molecule has 674 valence electrons. The van der Waals surface area contributed by atoms with Gasteiger partial charge in [-0.05, 0) is 238 Å². The number of aliphatic hydroxyl groups excluding tert-OH is 5. The molecule has 43 nitrogen and oxygen atoms in total. The van der Waals surface area contributed by atoms with Gasteiger partial charge in [-0.2, -0.15) is 0 Å². The molecule has 5 heterocycles.